The Morgan fingerprint density at radius 1 is 1.06 bits per heavy atom. The molecule has 0 saturated carbocycles. The number of nitrogens with one attached hydrogen (secondary N) is 1. The highest BCUT2D eigenvalue weighted by atomic mass is 79.9. The number of fused-ring (bicyclic) bond motifs is 3. The number of benzene rings is 2. The summed E-state index contributed by atoms with van der Waals surface area (Å²) in [6.07, 6.45) is 1.40. The minimum Gasteiger partial charge on any atom is -0.445 e. The van der Waals surface area contributed by atoms with E-state index in [-0.39, 0.29) is 12.1 Å². The lowest BCUT2D eigenvalue weighted by molar-refractivity contribution is 0.126. The predicted octanol–water partition coefficient (Wildman–Crippen LogP) is 5.96. The quantitative estimate of drug-likeness (QED) is 0.322. The van der Waals surface area contributed by atoms with Crippen molar-refractivity contribution < 1.29 is 14.3 Å². The Labute approximate surface area is 207 Å². The van der Waals surface area contributed by atoms with Crippen LogP contribution in [-0.2, 0) is 29.2 Å². The van der Waals surface area contributed by atoms with Crippen molar-refractivity contribution in [2.75, 3.05) is 6.61 Å². The molecule has 4 rings (SSSR count). The second kappa shape index (κ2) is 10.1. The van der Waals surface area contributed by atoms with Crippen molar-refractivity contribution in [3.63, 3.8) is 0 Å². The van der Waals surface area contributed by atoms with Gasteiger partial charge in [-0.15, -0.1) is 0 Å². The van der Waals surface area contributed by atoms with Gasteiger partial charge in [-0.1, -0.05) is 40.2 Å². The largest absolute Gasteiger partial charge is 0.445 e. The van der Waals surface area contributed by atoms with E-state index in [1.54, 1.807) is 0 Å². The second-order valence-corrected chi connectivity index (χ2v) is 10.1. The summed E-state index contributed by atoms with van der Waals surface area (Å²) in [6, 6.07) is 14.2. The van der Waals surface area contributed by atoms with Gasteiger partial charge in [-0.05, 0) is 57.0 Å². The number of aromatic nitrogens is 3. The number of pyridine rings is 1. The van der Waals surface area contributed by atoms with Gasteiger partial charge in [0.15, 0.2) is 0 Å². The van der Waals surface area contributed by atoms with Crippen LogP contribution in [0.3, 0.4) is 0 Å². The zero-order valence-corrected chi connectivity index (χ0v) is 21.5. The summed E-state index contributed by atoms with van der Waals surface area (Å²) in [7, 11) is 0. The van der Waals surface area contributed by atoms with E-state index in [4.69, 9.17) is 14.5 Å². The lowest BCUT2D eigenvalue weighted by Gasteiger charge is -2.20. The minimum atomic E-state index is -0.422. The van der Waals surface area contributed by atoms with E-state index in [0.717, 1.165) is 43.4 Å². The van der Waals surface area contributed by atoms with Crippen LogP contribution < -0.4 is 5.32 Å². The number of carbonyl (C=O) groups is 1. The summed E-state index contributed by atoms with van der Waals surface area (Å²) in [5.41, 5.74) is 4.51. The summed E-state index contributed by atoms with van der Waals surface area (Å²) in [4.78, 5) is 21.3. The van der Waals surface area contributed by atoms with Crippen molar-refractivity contribution in [1.82, 2.24) is 19.9 Å². The van der Waals surface area contributed by atoms with E-state index in [0.29, 0.717) is 19.8 Å². The highest BCUT2D eigenvalue weighted by Crippen LogP contribution is 2.28. The van der Waals surface area contributed by atoms with E-state index in [9.17, 15) is 4.79 Å². The summed E-state index contributed by atoms with van der Waals surface area (Å²) >= 11 is 3.53. The molecule has 2 heterocycles. The maximum atomic E-state index is 11.9. The molecule has 0 unspecified atom stereocenters. The molecule has 34 heavy (non-hydrogen) atoms. The highest BCUT2D eigenvalue weighted by Gasteiger charge is 2.16. The van der Waals surface area contributed by atoms with Crippen molar-refractivity contribution >= 4 is 44.0 Å². The van der Waals surface area contributed by atoms with Crippen molar-refractivity contribution in [1.29, 1.82) is 0 Å². The average Bonchev–Trinajstić information content (AvgIpc) is 3.13. The van der Waals surface area contributed by atoms with Crippen LogP contribution in [0.5, 0.6) is 0 Å². The fraction of sp³-hybridized carbons (Fsp3) is 0.346. The van der Waals surface area contributed by atoms with Crippen molar-refractivity contribution in [2.45, 2.75) is 53.0 Å². The first-order valence-electron chi connectivity index (χ1n) is 11.3. The molecule has 1 N–H and O–H groups in total. The Balaban J connectivity index is 1.60. The fourth-order valence-electron chi connectivity index (χ4n) is 3.72. The van der Waals surface area contributed by atoms with Gasteiger partial charge in [-0.25, -0.2) is 9.78 Å². The molecule has 0 radical (unpaired) electrons. The molecule has 0 aliphatic rings. The molecular formula is C26H29BrN4O3. The zero-order valence-electron chi connectivity index (χ0n) is 19.9. The molecule has 7 nitrogen and oxygen atoms in total. The van der Waals surface area contributed by atoms with Gasteiger partial charge in [0.2, 0.25) is 0 Å². The first kappa shape index (κ1) is 24.2. The molecule has 2 aromatic heterocycles. The minimum absolute atomic E-state index is 0.219. The third-order valence-corrected chi connectivity index (χ3v) is 5.75. The third kappa shape index (κ3) is 5.74. The van der Waals surface area contributed by atoms with Gasteiger partial charge >= 0.3 is 6.09 Å². The number of ether oxygens (including phenoxy) is 2. The third-order valence-electron chi connectivity index (χ3n) is 5.26. The van der Waals surface area contributed by atoms with Gasteiger partial charge in [-0.3, -0.25) is 4.98 Å². The summed E-state index contributed by atoms with van der Waals surface area (Å²) in [5, 5.41) is 3.84. The number of amides is 1. The van der Waals surface area contributed by atoms with E-state index < -0.39 is 6.09 Å². The van der Waals surface area contributed by atoms with E-state index in [1.807, 2.05) is 58.2 Å². The normalized spacial score (nSPS) is 11.8. The van der Waals surface area contributed by atoms with Crippen LogP contribution in [0.15, 0.2) is 53.1 Å². The molecule has 4 aromatic rings. The van der Waals surface area contributed by atoms with Gasteiger partial charge in [0, 0.05) is 28.5 Å². The molecule has 8 heteroatoms. The smallest absolute Gasteiger partial charge is 0.407 e. The molecule has 0 aliphatic heterocycles. The molecular weight excluding hydrogens is 496 g/mol. The van der Waals surface area contributed by atoms with Crippen LogP contribution in [0.25, 0.3) is 21.9 Å². The molecule has 0 atom stereocenters. The van der Waals surface area contributed by atoms with Crippen molar-refractivity contribution in [3.05, 3.63) is 70.1 Å². The molecule has 0 bridgehead atoms. The number of imidazole rings is 1. The lowest BCUT2D eigenvalue weighted by Crippen LogP contribution is -2.40. The Morgan fingerprint density at radius 2 is 1.79 bits per heavy atom. The van der Waals surface area contributed by atoms with Crippen LogP contribution in [0.2, 0.25) is 0 Å². The SMILES string of the molecule is CCOCc1nc2cnc3cc(Br)ccc3c2n1Cc1ccc(COC(=O)NC(C)(C)C)cc1. The molecule has 0 spiro atoms. The van der Waals surface area contributed by atoms with E-state index >= 15 is 0 Å². The number of rotatable bonds is 7. The zero-order chi connectivity index (χ0) is 24.3. The standard InChI is InChI=1S/C26H29BrN4O3/c1-5-33-16-23-29-22-13-28-21-12-19(27)10-11-20(21)24(22)31(23)14-17-6-8-18(9-7-17)15-34-25(32)30-26(2,3)4/h6-13H,5,14-16H2,1-4H3,(H,30,32). The Morgan fingerprint density at radius 3 is 2.50 bits per heavy atom. The maximum absolute atomic E-state index is 11.9. The van der Waals surface area contributed by atoms with Gasteiger partial charge < -0.3 is 19.4 Å². The number of hydrogen-bond acceptors (Lipinski definition) is 5. The van der Waals surface area contributed by atoms with E-state index in [1.165, 1.54) is 0 Å². The second-order valence-electron chi connectivity index (χ2n) is 9.17. The highest BCUT2D eigenvalue weighted by molar-refractivity contribution is 9.10. The molecule has 0 fully saturated rings. The Bertz CT molecular complexity index is 1310. The van der Waals surface area contributed by atoms with Gasteiger partial charge in [0.25, 0.3) is 0 Å². The van der Waals surface area contributed by atoms with Crippen LogP contribution in [-0.4, -0.2) is 32.8 Å². The van der Waals surface area contributed by atoms with Crippen LogP contribution in [0.4, 0.5) is 4.79 Å². The van der Waals surface area contributed by atoms with Gasteiger partial charge in [0.1, 0.15) is 24.6 Å². The molecule has 178 valence electrons. The monoisotopic (exact) mass is 524 g/mol. The number of alkyl carbamates (subject to hydrolysis) is 1. The van der Waals surface area contributed by atoms with Crippen LogP contribution >= 0.6 is 15.9 Å². The van der Waals surface area contributed by atoms with Gasteiger partial charge in [-0.2, -0.15) is 0 Å². The Hall–Kier alpha value is -2.97. The molecule has 0 aliphatic carbocycles. The molecule has 1 amide bonds. The Kier molecular flexibility index (Phi) is 7.19. The van der Waals surface area contributed by atoms with Crippen molar-refractivity contribution in [2.24, 2.45) is 0 Å². The molecule has 0 saturated heterocycles. The maximum Gasteiger partial charge on any atom is 0.407 e. The summed E-state index contributed by atoms with van der Waals surface area (Å²) in [6.45, 7) is 9.63. The number of hydrogen-bond donors (Lipinski definition) is 1. The summed E-state index contributed by atoms with van der Waals surface area (Å²) < 4.78 is 14.2. The summed E-state index contributed by atoms with van der Waals surface area (Å²) in [5.74, 6) is 0.861. The first-order chi connectivity index (χ1) is 16.2. The first-order valence-corrected chi connectivity index (χ1v) is 12.1. The van der Waals surface area contributed by atoms with Gasteiger partial charge in [0.05, 0.1) is 17.2 Å². The fourth-order valence-corrected chi connectivity index (χ4v) is 4.07. The predicted molar refractivity (Wildman–Crippen MR) is 137 cm³/mol. The number of carbonyl (C=O) groups excluding carboxylic acids is 1. The topological polar surface area (TPSA) is 78.3 Å². The number of halogens is 1. The average molecular weight is 525 g/mol. The van der Waals surface area contributed by atoms with Crippen LogP contribution in [0, 0.1) is 0 Å². The molecule has 2 aromatic carbocycles. The van der Waals surface area contributed by atoms with Crippen LogP contribution in [0.1, 0.15) is 44.6 Å². The lowest BCUT2D eigenvalue weighted by atomic mass is 10.1. The van der Waals surface area contributed by atoms with E-state index in [2.05, 4.69) is 49.0 Å². The van der Waals surface area contributed by atoms with Crippen molar-refractivity contribution in [3.8, 4) is 0 Å². The number of nitrogens with zero attached hydrogens (tertiary/aromatic N) is 3.